The van der Waals surface area contributed by atoms with Gasteiger partial charge in [0.05, 0.1) is 14.2 Å². The summed E-state index contributed by atoms with van der Waals surface area (Å²) in [5.74, 6) is 2.21. The standard InChI is InChI=1S/C23H33NO5/c1-18-8-5-6-9-21(18)29-17-20(25)16-24(12-7-13-26-2)15-19-10-11-22(27-3)23(14-19)28-4/h5-6,8-11,14,20,25H,7,12-13,15-17H2,1-4H3/t20-/m0/s1. The average molecular weight is 404 g/mol. The minimum atomic E-state index is -0.600. The van der Waals surface area contributed by atoms with E-state index in [0.29, 0.717) is 31.2 Å². The lowest BCUT2D eigenvalue weighted by molar-refractivity contribution is 0.0615. The third kappa shape index (κ3) is 7.57. The number of aliphatic hydroxyl groups excluding tert-OH is 1. The molecule has 1 N–H and O–H groups in total. The van der Waals surface area contributed by atoms with E-state index in [1.165, 1.54) is 0 Å². The van der Waals surface area contributed by atoms with Crippen molar-refractivity contribution in [1.82, 2.24) is 4.90 Å². The topological polar surface area (TPSA) is 60.4 Å². The Morgan fingerprint density at radius 2 is 1.72 bits per heavy atom. The second kappa shape index (κ2) is 12.3. The second-order valence-electron chi connectivity index (χ2n) is 7.00. The number of ether oxygens (including phenoxy) is 4. The van der Waals surface area contributed by atoms with Crippen molar-refractivity contribution in [1.29, 1.82) is 0 Å². The minimum Gasteiger partial charge on any atom is -0.493 e. The maximum absolute atomic E-state index is 10.5. The summed E-state index contributed by atoms with van der Waals surface area (Å²) in [7, 11) is 4.95. The Morgan fingerprint density at radius 1 is 0.966 bits per heavy atom. The van der Waals surface area contributed by atoms with Gasteiger partial charge in [-0.1, -0.05) is 24.3 Å². The van der Waals surface area contributed by atoms with E-state index in [4.69, 9.17) is 18.9 Å². The summed E-state index contributed by atoms with van der Waals surface area (Å²) < 4.78 is 21.7. The third-order valence-corrected chi connectivity index (χ3v) is 4.67. The van der Waals surface area contributed by atoms with Gasteiger partial charge in [-0.15, -0.1) is 0 Å². The van der Waals surface area contributed by atoms with Gasteiger partial charge >= 0.3 is 0 Å². The van der Waals surface area contributed by atoms with E-state index in [2.05, 4.69) is 4.90 Å². The van der Waals surface area contributed by atoms with Crippen molar-refractivity contribution >= 4 is 0 Å². The number of hydrogen-bond donors (Lipinski definition) is 1. The Hall–Kier alpha value is -2.28. The molecule has 0 aliphatic rings. The van der Waals surface area contributed by atoms with Gasteiger partial charge in [-0.2, -0.15) is 0 Å². The van der Waals surface area contributed by atoms with Crippen molar-refractivity contribution < 1.29 is 24.1 Å². The Bertz CT molecular complexity index is 737. The van der Waals surface area contributed by atoms with Crippen LogP contribution in [-0.2, 0) is 11.3 Å². The number of para-hydroxylation sites is 1. The first-order valence-corrected chi connectivity index (χ1v) is 9.86. The second-order valence-corrected chi connectivity index (χ2v) is 7.00. The molecule has 2 aromatic rings. The molecule has 0 saturated heterocycles. The van der Waals surface area contributed by atoms with Crippen LogP contribution in [0.25, 0.3) is 0 Å². The highest BCUT2D eigenvalue weighted by molar-refractivity contribution is 5.42. The summed E-state index contributed by atoms with van der Waals surface area (Å²) in [5, 5.41) is 10.5. The monoisotopic (exact) mass is 403 g/mol. The summed E-state index contributed by atoms with van der Waals surface area (Å²) in [5.41, 5.74) is 2.15. The smallest absolute Gasteiger partial charge is 0.161 e. The zero-order chi connectivity index (χ0) is 21.1. The van der Waals surface area contributed by atoms with Gasteiger partial charge in [0.25, 0.3) is 0 Å². The molecule has 0 amide bonds. The first kappa shape index (κ1) is 23.0. The number of hydrogen-bond acceptors (Lipinski definition) is 6. The van der Waals surface area contributed by atoms with Crippen molar-refractivity contribution in [3.8, 4) is 17.2 Å². The molecule has 1 atom stereocenters. The quantitative estimate of drug-likeness (QED) is 0.518. The zero-order valence-electron chi connectivity index (χ0n) is 17.9. The van der Waals surface area contributed by atoms with Gasteiger partial charge in [-0.3, -0.25) is 4.90 Å². The predicted octanol–water partition coefficient (Wildman–Crippen LogP) is 3.29. The van der Waals surface area contributed by atoms with E-state index in [9.17, 15) is 5.11 Å². The molecule has 2 rings (SSSR count). The van der Waals surface area contributed by atoms with E-state index in [1.54, 1.807) is 21.3 Å². The maximum atomic E-state index is 10.5. The highest BCUT2D eigenvalue weighted by Crippen LogP contribution is 2.28. The Morgan fingerprint density at radius 3 is 2.41 bits per heavy atom. The molecule has 6 nitrogen and oxygen atoms in total. The van der Waals surface area contributed by atoms with Crippen LogP contribution in [0.5, 0.6) is 17.2 Å². The van der Waals surface area contributed by atoms with Crippen LogP contribution in [0.15, 0.2) is 42.5 Å². The van der Waals surface area contributed by atoms with E-state index < -0.39 is 6.10 Å². The van der Waals surface area contributed by atoms with Gasteiger partial charge in [-0.25, -0.2) is 0 Å². The van der Waals surface area contributed by atoms with Gasteiger partial charge in [0.1, 0.15) is 18.5 Å². The van der Waals surface area contributed by atoms with E-state index in [-0.39, 0.29) is 6.61 Å². The molecule has 0 fully saturated rings. The Kier molecular flexibility index (Phi) is 9.77. The summed E-state index contributed by atoms with van der Waals surface area (Å²) in [6.07, 6.45) is 0.284. The number of aliphatic hydroxyl groups is 1. The van der Waals surface area contributed by atoms with Gasteiger partial charge in [0.15, 0.2) is 11.5 Å². The molecule has 0 unspecified atom stereocenters. The molecule has 0 aliphatic heterocycles. The minimum absolute atomic E-state index is 0.248. The van der Waals surface area contributed by atoms with E-state index >= 15 is 0 Å². The van der Waals surface area contributed by atoms with Crippen LogP contribution in [0.4, 0.5) is 0 Å². The molecule has 160 valence electrons. The fraction of sp³-hybridized carbons (Fsp3) is 0.478. The van der Waals surface area contributed by atoms with Crippen LogP contribution in [0, 0.1) is 6.92 Å². The Balaban J connectivity index is 1.98. The van der Waals surface area contributed by atoms with Crippen LogP contribution >= 0.6 is 0 Å². The number of rotatable bonds is 13. The highest BCUT2D eigenvalue weighted by Gasteiger charge is 2.15. The molecular weight excluding hydrogens is 370 g/mol. The molecule has 0 heterocycles. The third-order valence-electron chi connectivity index (χ3n) is 4.67. The van der Waals surface area contributed by atoms with Crippen molar-refractivity contribution in [3.05, 3.63) is 53.6 Å². The molecule has 2 aromatic carbocycles. The van der Waals surface area contributed by atoms with Crippen molar-refractivity contribution in [3.63, 3.8) is 0 Å². The maximum Gasteiger partial charge on any atom is 0.161 e. The summed E-state index contributed by atoms with van der Waals surface area (Å²) >= 11 is 0. The van der Waals surface area contributed by atoms with Crippen LogP contribution < -0.4 is 14.2 Å². The van der Waals surface area contributed by atoms with Crippen molar-refractivity contribution in [2.24, 2.45) is 0 Å². The SMILES string of the molecule is COCCCN(Cc1ccc(OC)c(OC)c1)C[C@H](O)COc1ccccc1C. The van der Waals surface area contributed by atoms with Gasteiger partial charge in [0.2, 0.25) is 0 Å². The molecule has 0 spiro atoms. The highest BCUT2D eigenvalue weighted by atomic mass is 16.5. The number of methoxy groups -OCH3 is 3. The van der Waals surface area contributed by atoms with Gasteiger partial charge in [0, 0.05) is 33.4 Å². The molecule has 0 radical (unpaired) electrons. The zero-order valence-corrected chi connectivity index (χ0v) is 17.9. The molecule has 0 saturated carbocycles. The summed E-state index contributed by atoms with van der Waals surface area (Å²) in [6, 6.07) is 13.7. The Labute approximate surface area is 174 Å². The molecule has 0 bridgehead atoms. The first-order chi connectivity index (χ1) is 14.1. The summed E-state index contributed by atoms with van der Waals surface area (Å²) in [4.78, 5) is 2.20. The van der Waals surface area contributed by atoms with Crippen molar-refractivity contribution in [2.45, 2.75) is 26.0 Å². The average Bonchev–Trinajstić information content (AvgIpc) is 2.73. The molecule has 0 aromatic heterocycles. The number of aryl methyl sites for hydroxylation is 1. The first-order valence-electron chi connectivity index (χ1n) is 9.86. The summed E-state index contributed by atoms with van der Waals surface area (Å²) in [6.45, 7) is 4.92. The van der Waals surface area contributed by atoms with E-state index in [0.717, 1.165) is 29.8 Å². The fourth-order valence-corrected chi connectivity index (χ4v) is 3.16. The normalized spacial score (nSPS) is 12.1. The van der Waals surface area contributed by atoms with Crippen LogP contribution in [-0.4, -0.2) is 63.7 Å². The van der Waals surface area contributed by atoms with Crippen LogP contribution in [0.3, 0.4) is 0 Å². The van der Waals surface area contributed by atoms with Crippen LogP contribution in [0.1, 0.15) is 17.5 Å². The molecule has 6 heteroatoms. The molecule has 0 aliphatic carbocycles. The number of benzene rings is 2. The fourth-order valence-electron chi connectivity index (χ4n) is 3.16. The lowest BCUT2D eigenvalue weighted by atomic mass is 10.1. The largest absolute Gasteiger partial charge is 0.493 e. The van der Waals surface area contributed by atoms with Crippen molar-refractivity contribution in [2.75, 3.05) is 47.6 Å². The predicted molar refractivity (Wildman–Crippen MR) is 114 cm³/mol. The lowest BCUT2D eigenvalue weighted by Gasteiger charge is -2.25. The van der Waals surface area contributed by atoms with E-state index in [1.807, 2.05) is 49.4 Å². The van der Waals surface area contributed by atoms with Crippen LogP contribution in [0.2, 0.25) is 0 Å². The van der Waals surface area contributed by atoms with Gasteiger partial charge in [-0.05, 0) is 42.7 Å². The molecule has 29 heavy (non-hydrogen) atoms. The van der Waals surface area contributed by atoms with Gasteiger partial charge < -0.3 is 24.1 Å². The lowest BCUT2D eigenvalue weighted by Crippen LogP contribution is -2.36. The number of nitrogens with zero attached hydrogens (tertiary/aromatic N) is 1. The molecular formula is C23H33NO5.